The van der Waals surface area contributed by atoms with Crippen LogP contribution in [0, 0.1) is 6.92 Å². The Hall–Kier alpha value is -2.89. The van der Waals surface area contributed by atoms with Crippen molar-refractivity contribution in [2.45, 2.75) is 45.6 Å². The van der Waals surface area contributed by atoms with Crippen LogP contribution in [0.5, 0.6) is 5.75 Å². The van der Waals surface area contributed by atoms with Crippen molar-refractivity contribution in [3.63, 3.8) is 0 Å². The average Bonchev–Trinajstić information content (AvgIpc) is 2.73. The Balaban J connectivity index is 1.80. The lowest BCUT2D eigenvalue weighted by Gasteiger charge is -2.35. The minimum Gasteiger partial charge on any atom is -0.495 e. The van der Waals surface area contributed by atoms with Crippen molar-refractivity contribution in [2.75, 3.05) is 19.0 Å². The molecule has 2 aromatic rings. The van der Waals surface area contributed by atoms with E-state index in [-0.39, 0.29) is 17.9 Å². The second-order valence-electron chi connectivity index (χ2n) is 7.18. The third kappa shape index (κ3) is 4.32. The summed E-state index contributed by atoms with van der Waals surface area (Å²) in [5, 5.41) is 2.86. The van der Waals surface area contributed by atoms with E-state index in [1.54, 1.807) is 13.2 Å². The van der Waals surface area contributed by atoms with Crippen molar-refractivity contribution in [1.29, 1.82) is 0 Å². The molecule has 1 atom stereocenters. The van der Waals surface area contributed by atoms with E-state index >= 15 is 0 Å². The maximum absolute atomic E-state index is 13.0. The second kappa shape index (κ2) is 8.87. The second-order valence-corrected chi connectivity index (χ2v) is 7.18. The monoisotopic (exact) mass is 381 g/mol. The van der Waals surface area contributed by atoms with Gasteiger partial charge in [-0.15, -0.1) is 0 Å². The van der Waals surface area contributed by atoms with E-state index in [4.69, 9.17) is 4.74 Å². The van der Waals surface area contributed by atoms with Gasteiger partial charge in [-0.1, -0.05) is 13.0 Å². The van der Waals surface area contributed by atoms with E-state index in [0.29, 0.717) is 22.6 Å². The smallest absolute Gasteiger partial charge is 0.257 e. The van der Waals surface area contributed by atoms with Crippen molar-refractivity contribution in [3.05, 3.63) is 53.3 Å². The summed E-state index contributed by atoms with van der Waals surface area (Å²) in [5.41, 5.74) is 2.39. The number of ether oxygens (including phenoxy) is 1. The van der Waals surface area contributed by atoms with Crippen LogP contribution in [0.15, 0.2) is 36.7 Å². The lowest BCUT2D eigenvalue weighted by molar-refractivity contribution is 0.0607. The van der Waals surface area contributed by atoms with Gasteiger partial charge in [0, 0.05) is 25.0 Å². The standard InChI is InChI=1S/C22H27N3O3/c1-4-18-7-5-6-10-25(18)22(27)17-12-16(13-23-14-17)21(26)24-19-11-15(2)8-9-20(19)28-3/h8-9,11-14,18H,4-7,10H2,1-3H3,(H,24,26). The molecule has 2 heterocycles. The number of nitrogens with one attached hydrogen (secondary N) is 1. The third-order valence-corrected chi connectivity index (χ3v) is 5.21. The molecule has 1 aliphatic rings. The minimum atomic E-state index is -0.322. The number of aryl methyl sites for hydroxylation is 1. The fraction of sp³-hybridized carbons (Fsp3) is 0.409. The quantitative estimate of drug-likeness (QED) is 0.848. The number of methoxy groups -OCH3 is 1. The first-order chi connectivity index (χ1) is 13.5. The maximum Gasteiger partial charge on any atom is 0.257 e. The number of nitrogens with zero attached hydrogens (tertiary/aromatic N) is 2. The number of hydrogen-bond acceptors (Lipinski definition) is 4. The number of benzene rings is 1. The summed E-state index contributed by atoms with van der Waals surface area (Å²) < 4.78 is 5.31. The molecule has 6 heteroatoms. The third-order valence-electron chi connectivity index (χ3n) is 5.21. The molecule has 0 bridgehead atoms. The fourth-order valence-corrected chi connectivity index (χ4v) is 3.65. The number of aromatic nitrogens is 1. The predicted octanol–water partition coefficient (Wildman–Crippen LogP) is 4.06. The highest BCUT2D eigenvalue weighted by atomic mass is 16.5. The zero-order chi connectivity index (χ0) is 20.1. The Morgan fingerprint density at radius 2 is 2.00 bits per heavy atom. The summed E-state index contributed by atoms with van der Waals surface area (Å²) in [6, 6.07) is 7.45. The molecule has 1 aromatic carbocycles. The van der Waals surface area contributed by atoms with Crippen LogP contribution in [0.2, 0.25) is 0 Å². The first-order valence-corrected chi connectivity index (χ1v) is 9.75. The van der Waals surface area contributed by atoms with Crippen LogP contribution in [0.3, 0.4) is 0 Å². The highest BCUT2D eigenvalue weighted by Gasteiger charge is 2.26. The largest absolute Gasteiger partial charge is 0.495 e. The number of carbonyl (C=O) groups excluding carboxylic acids is 2. The molecule has 28 heavy (non-hydrogen) atoms. The van der Waals surface area contributed by atoms with Crippen LogP contribution >= 0.6 is 0 Å². The van der Waals surface area contributed by atoms with Gasteiger partial charge in [0.15, 0.2) is 0 Å². The molecule has 1 unspecified atom stereocenters. The maximum atomic E-state index is 13.0. The fourth-order valence-electron chi connectivity index (χ4n) is 3.65. The van der Waals surface area contributed by atoms with Crippen LogP contribution in [0.4, 0.5) is 5.69 Å². The summed E-state index contributed by atoms with van der Waals surface area (Å²) in [5.74, 6) is 0.205. The molecular formula is C22H27N3O3. The number of carbonyl (C=O) groups is 2. The van der Waals surface area contributed by atoms with Crippen molar-refractivity contribution >= 4 is 17.5 Å². The van der Waals surface area contributed by atoms with Gasteiger partial charge in [0.05, 0.1) is 23.9 Å². The number of anilines is 1. The van der Waals surface area contributed by atoms with E-state index in [1.807, 2.05) is 30.0 Å². The molecule has 3 rings (SSSR count). The van der Waals surface area contributed by atoms with Crippen molar-refractivity contribution in [2.24, 2.45) is 0 Å². The normalized spacial score (nSPS) is 16.5. The van der Waals surface area contributed by atoms with Gasteiger partial charge in [0.1, 0.15) is 5.75 Å². The van der Waals surface area contributed by atoms with Gasteiger partial charge in [-0.2, -0.15) is 0 Å². The summed E-state index contributed by atoms with van der Waals surface area (Å²) >= 11 is 0. The molecule has 0 saturated carbocycles. The summed E-state index contributed by atoms with van der Waals surface area (Å²) in [7, 11) is 1.56. The lowest BCUT2D eigenvalue weighted by Crippen LogP contribution is -2.43. The molecule has 148 valence electrons. The Kier molecular flexibility index (Phi) is 6.29. The van der Waals surface area contributed by atoms with Crippen LogP contribution < -0.4 is 10.1 Å². The SMILES string of the molecule is CCC1CCCCN1C(=O)c1cncc(C(=O)Nc2cc(C)ccc2OC)c1. The van der Waals surface area contributed by atoms with E-state index in [2.05, 4.69) is 17.2 Å². The Bertz CT molecular complexity index is 866. The molecule has 2 amide bonds. The molecule has 0 spiro atoms. The topological polar surface area (TPSA) is 71.5 Å². The van der Waals surface area contributed by atoms with Gasteiger partial charge in [0.25, 0.3) is 11.8 Å². The highest BCUT2D eigenvalue weighted by Crippen LogP contribution is 2.26. The molecule has 0 aliphatic carbocycles. The van der Waals surface area contributed by atoms with Crippen molar-refractivity contribution < 1.29 is 14.3 Å². The van der Waals surface area contributed by atoms with Crippen molar-refractivity contribution in [1.82, 2.24) is 9.88 Å². The number of likely N-dealkylation sites (tertiary alicyclic amines) is 1. The first kappa shape index (κ1) is 19.9. The van der Waals surface area contributed by atoms with E-state index in [1.165, 1.54) is 12.4 Å². The zero-order valence-corrected chi connectivity index (χ0v) is 16.7. The summed E-state index contributed by atoms with van der Waals surface area (Å²) in [6.45, 7) is 4.81. The number of piperidine rings is 1. The number of amides is 2. The van der Waals surface area contributed by atoms with Gasteiger partial charge < -0.3 is 15.0 Å². The van der Waals surface area contributed by atoms with Crippen molar-refractivity contribution in [3.8, 4) is 5.75 Å². The summed E-state index contributed by atoms with van der Waals surface area (Å²) in [6.07, 6.45) is 7.15. The minimum absolute atomic E-state index is 0.0539. The number of rotatable bonds is 5. The molecule has 1 fully saturated rings. The summed E-state index contributed by atoms with van der Waals surface area (Å²) in [4.78, 5) is 31.8. The van der Waals surface area contributed by atoms with Gasteiger partial charge in [-0.3, -0.25) is 14.6 Å². The van der Waals surface area contributed by atoms with Crippen LogP contribution in [-0.4, -0.2) is 41.4 Å². The predicted molar refractivity (Wildman–Crippen MR) is 109 cm³/mol. The molecule has 1 aromatic heterocycles. The average molecular weight is 381 g/mol. The molecule has 1 saturated heterocycles. The van der Waals surface area contributed by atoms with Crippen LogP contribution in [-0.2, 0) is 0 Å². The number of hydrogen-bond donors (Lipinski definition) is 1. The Morgan fingerprint density at radius 1 is 1.21 bits per heavy atom. The van der Waals surface area contributed by atoms with Crippen LogP contribution in [0.25, 0.3) is 0 Å². The number of pyridine rings is 1. The molecule has 1 aliphatic heterocycles. The lowest BCUT2D eigenvalue weighted by atomic mass is 9.99. The van der Waals surface area contributed by atoms with Crippen LogP contribution in [0.1, 0.15) is 58.9 Å². The highest BCUT2D eigenvalue weighted by molar-refractivity contribution is 6.06. The molecule has 6 nitrogen and oxygen atoms in total. The Morgan fingerprint density at radius 3 is 2.75 bits per heavy atom. The molecular weight excluding hydrogens is 354 g/mol. The van der Waals surface area contributed by atoms with Gasteiger partial charge in [0.2, 0.25) is 0 Å². The molecule has 1 N–H and O–H groups in total. The van der Waals surface area contributed by atoms with Gasteiger partial charge in [-0.25, -0.2) is 0 Å². The van der Waals surface area contributed by atoms with Gasteiger partial charge >= 0.3 is 0 Å². The molecule has 0 radical (unpaired) electrons. The zero-order valence-electron chi connectivity index (χ0n) is 16.7. The van der Waals surface area contributed by atoms with E-state index in [0.717, 1.165) is 37.8 Å². The van der Waals surface area contributed by atoms with Gasteiger partial charge in [-0.05, 0) is 56.4 Å². The first-order valence-electron chi connectivity index (χ1n) is 9.75. The van der Waals surface area contributed by atoms with E-state index < -0.39 is 0 Å². The van der Waals surface area contributed by atoms with E-state index in [9.17, 15) is 9.59 Å². The Labute approximate surface area is 165 Å².